The minimum Gasteiger partial charge on any atom is -0.450 e. The van der Waals surface area contributed by atoms with Gasteiger partial charge in [-0.15, -0.1) is 11.8 Å². The van der Waals surface area contributed by atoms with E-state index >= 15 is 0 Å². The van der Waals surface area contributed by atoms with Crippen LogP contribution in [0.4, 0.5) is 4.79 Å². The number of ether oxygens (including phenoxy) is 1. The topological polar surface area (TPSA) is 99.8 Å². The molecule has 6 atom stereocenters. The molecule has 3 aliphatic rings. The highest BCUT2D eigenvalue weighted by atomic mass is 32.2. The third-order valence-electron chi connectivity index (χ3n) is 5.62. The van der Waals surface area contributed by atoms with Gasteiger partial charge in [-0.25, -0.2) is 4.79 Å². The van der Waals surface area contributed by atoms with E-state index in [9.17, 15) is 14.4 Å². The van der Waals surface area contributed by atoms with E-state index in [0.29, 0.717) is 12.3 Å². The van der Waals surface area contributed by atoms with Crippen LogP contribution in [-0.4, -0.2) is 65.3 Å². The van der Waals surface area contributed by atoms with Crippen molar-refractivity contribution in [2.24, 2.45) is 11.8 Å². The van der Waals surface area contributed by atoms with Gasteiger partial charge in [0.15, 0.2) is 0 Å². The molecule has 3 rings (SSSR count). The maximum absolute atomic E-state index is 13.0. The number of hydrogen-bond acceptors (Lipinski definition) is 7. The average Bonchev–Trinajstić information content (AvgIpc) is 3.18. The molecule has 0 radical (unpaired) electrons. The number of carbonyl (C=O) groups is 3. The van der Waals surface area contributed by atoms with Crippen molar-refractivity contribution in [3.8, 4) is 0 Å². The summed E-state index contributed by atoms with van der Waals surface area (Å²) in [5.41, 5.74) is 0. The van der Waals surface area contributed by atoms with Gasteiger partial charge in [-0.05, 0) is 44.8 Å². The molecule has 152 valence electrons. The van der Waals surface area contributed by atoms with Crippen LogP contribution in [0.3, 0.4) is 0 Å². The van der Waals surface area contributed by atoms with Crippen molar-refractivity contribution >= 4 is 29.7 Å². The lowest BCUT2D eigenvalue weighted by molar-refractivity contribution is -0.128. The summed E-state index contributed by atoms with van der Waals surface area (Å²) in [5.74, 6) is 0.496. The lowest BCUT2D eigenvalue weighted by Crippen LogP contribution is -2.54. The SMILES string of the molecule is CCOC(=O)NC(=O)C1CCSC1NC(=O)C1C(C)NC2CCC(C)CN21. The summed E-state index contributed by atoms with van der Waals surface area (Å²) in [5, 5.41) is 8.54. The maximum Gasteiger partial charge on any atom is 0.413 e. The van der Waals surface area contributed by atoms with Gasteiger partial charge < -0.3 is 10.1 Å². The van der Waals surface area contributed by atoms with Gasteiger partial charge in [0.25, 0.3) is 0 Å². The molecule has 6 unspecified atom stereocenters. The predicted octanol–water partition coefficient (Wildman–Crippen LogP) is 0.873. The molecule has 0 spiro atoms. The van der Waals surface area contributed by atoms with Gasteiger partial charge in [-0.2, -0.15) is 0 Å². The average molecular weight is 399 g/mol. The number of fused-ring (bicyclic) bond motifs is 1. The van der Waals surface area contributed by atoms with Gasteiger partial charge in [0.2, 0.25) is 11.8 Å². The molecule has 0 saturated carbocycles. The Morgan fingerprint density at radius 3 is 2.70 bits per heavy atom. The highest BCUT2D eigenvalue weighted by Gasteiger charge is 2.46. The van der Waals surface area contributed by atoms with Crippen LogP contribution in [0.2, 0.25) is 0 Å². The monoisotopic (exact) mass is 398 g/mol. The van der Waals surface area contributed by atoms with Crippen LogP contribution in [-0.2, 0) is 14.3 Å². The van der Waals surface area contributed by atoms with Crippen LogP contribution in [0.1, 0.15) is 40.0 Å². The Hall–Kier alpha value is -1.32. The highest BCUT2D eigenvalue weighted by Crippen LogP contribution is 2.32. The van der Waals surface area contributed by atoms with E-state index < -0.39 is 12.0 Å². The van der Waals surface area contributed by atoms with E-state index in [4.69, 9.17) is 4.74 Å². The Morgan fingerprint density at radius 2 is 1.96 bits per heavy atom. The van der Waals surface area contributed by atoms with Gasteiger partial charge in [-0.3, -0.25) is 25.1 Å². The maximum atomic E-state index is 13.0. The first-order valence-corrected chi connectivity index (χ1v) is 10.9. The largest absolute Gasteiger partial charge is 0.450 e. The molecule has 8 nitrogen and oxygen atoms in total. The number of amides is 3. The lowest BCUT2D eigenvalue weighted by Gasteiger charge is -2.36. The molecular formula is C18H30N4O4S. The number of hydrogen-bond donors (Lipinski definition) is 3. The number of rotatable bonds is 4. The van der Waals surface area contributed by atoms with Crippen molar-refractivity contribution in [1.29, 1.82) is 0 Å². The number of nitrogens with one attached hydrogen (secondary N) is 3. The quantitative estimate of drug-likeness (QED) is 0.646. The zero-order valence-electron chi connectivity index (χ0n) is 16.2. The number of carbonyl (C=O) groups excluding carboxylic acids is 3. The molecule has 0 aromatic heterocycles. The molecule has 0 aromatic rings. The third kappa shape index (κ3) is 4.57. The van der Waals surface area contributed by atoms with E-state index in [2.05, 4.69) is 27.8 Å². The molecule has 3 heterocycles. The second kappa shape index (κ2) is 8.79. The Labute approximate surface area is 164 Å². The zero-order chi connectivity index (χ0) is 19.6. The van der Waals surface area contributed by atoms with Crippen molar-refractivity contribution in [2.75, 3.05) is 18.9 Å². The molecule has 3 aliphatic heterocycles. The standard InChI is InChI=1S/C18H30N4O4S/c1-4-26-18(25)21-15(23)12-7-8-27-17(12)20-16(24)14-11(3)19-13-6-5-10(2)9-22(13)14/h10-14,17,19H,4-9H2,1-3H3,(H,20,24)(H,21,23,25). The van der Waals surface area contributed by atoms with E-state index in [1.54, 1.807) is 18.7 Å². The minimum atomic E-state index is -0.733. The summed E-state index contributed by atoms with van der Waals surface area (Å²) in [6, 6.07) is -0.161. The molecule has 3 N–H and O–H groups in total. The summed E-state index contributed by atoms with van der Waals surface area (Å²) in [7, 11) is 0. The molecule has 0 bridgehead atoms. The van der Waals surface area contributed by atoms with Crippen LogP contribution in [0.15, 0.2) is 0 Å². The number of imide groups is 1. The van der Waals surface area contributed by atoms with Gasteiger partial charge in [0, 0.05) is 12.6 Å². The van der Waals surface area contributed by atoms with E-state index in [1.165, 1.54) is 6.42 Å². The summed E-state index contributed by atoms with van der Waals surface area (Å²) >= 11 is 1.55. The third-order valence-corrected chi connectivity index (χ3v) is 6.90. The molecule has 3 saturated heterocycles. The van der Waals surface area contributed by atoms with Gasteiger partial charge in [0.1, 0.15) is 6.04 Å². The zero-order valence-corrected chi connectivity index (χ0v) is 17.0. The van der Waals surface area contributed by atoms with Crippen LogP contribution in [0.25, 0.3) is 0 Å². The molecule has 0 aliphatic carbocycles. The summed E-state index contributed by atoms with van der Waals surface area (Å²) < 4.78 is 4.77. The van der Waals surface area contributed by atoms with Crippen molar-refractivity contribution in [3.63, 3.8) is 0 Å². The van der Waals surface area contributed by atoms with E-state index in [1.807, 2.05) is 6.92 Å². The van der Waals surface area contributed by atoms with Gasteiger partial charge in [0.05, 0.1) is 24.1 Å². The molecule has 9 heteroatoms. The Kier molecular flexibility index (Phi) is 6.65. The van der Waals surface area contributed by atoms with E-state index in [-0.39, 0.29) is 42.0 Å². The Bertz CT molecular complexity index is 590. The second-order valence-corrected chi connectivity index (χ2v) is 8.95. The van der Waals surface area contributed by atoms with E-state index in [0.717, 1.165) is 18.7 Å². The van der Waals surface area contributed by atoms with Crippen molar-refractivity contribution in [1.82, 2.24) is 20.9 Å². The van der Waals surface area contributed by atoms with Crippen molar-refractivity contribution < 1.29 is 19.1 Å². The fraction of sp³-hybridized carbons (Fsp3) is 0.833. The van der Waals surface area contributed by atoms with Crippen LogP contribution in [0, 0.1) is 11.8 Å². The van der Waals surface area contributed by atoms with Crippen LogP contribution < -0.4 is 16.0 Å². The molecule has 0 aromatic carbocycles. The number of thioether (sulfide) groups is 1. The lowest BCUT2D eigenvalue weighted by atomic mass is 9.97. The van der Waals surface area contributed by atoms with Gasteiger partial charge >= 0.3 is 6.09 Å². The minimum absolute atomic E-state index is 0.0417. The van der Waals surface area contributed by atoms with Crippen LogP contribution >= 0.6 is 11.8 Å². The first-order valence-electron chi connectivity index (χ1n) is 9.82. The summed E-state index contributed by atoms with van der Waals surface area (Å²) in [6.07, 6.45) is 2.37. The first kappa shape index (κ1) is 20.4. The predicted molar refractivity (Wildman–Crippen MR) is 103 cm³/mol. The Morgan fingerprint density at radius 1 is 1.19 bits per heavy atom. The fourth-order valence-corrected chi connectivity index (χ4v) is 5.65. The molecule has 3 fully saturated rings. The number of nitrogens with zero attached hydrogens (tertiary/aromatic N) is 1. The van der Waals surface area contributed by atoms with Gasteiger partial charge in [-0.1, -0.05) is 6.92 Å². The van der Waals surface area contributed by atoms with Crippen LogP contribution in [0.5, 0.6) is 0 Å². The second-order valence-electron chi connectivity index (χ2n) is 7.70. The summed E-state index contributed by atoms with van der Waals surface area (Å²) in [4.78, 5) is 39.2. The molecule has 3 amide bonds. The normalized spacial score (nSPS) is 36.1. The fourth-order valence-electron chi connectivity index (χ4n) is 4.32. The number of piperidine rings is 1. The van der Waals surface area contributed by atoms with Crippen molar-refractivity contribution in [3.05, 3.63) is 0 Å². The number of alkyl carbamates (subject to hydrolysis) is 1. The first-order chi connectivity index (χ1) is 12.9. The van der Waals surface area contributed by atoms with Crippen molar-refractivity contribution in [2.45, 2.75) is 63.7 Å². The Balaban J connectivity index is 1.60. The molecular weight excluding hydrogens is 368 g/mol. The summed E-state index contributed by atoms with van der Waals surface area (Å²) in [6.45, 7) is 7.06. The molecule has 27 heavy (non-hydrogen) atoms. The highest BCUT2D eigenvalue weighted by molar-refractivity contribution is 8.00. The smallest absolute Gasteiger partial charge is 0.413 e.